The number of aromatic amines is 1. The first kappa shape index (κ1) is 15.1. The van der Waals surface area contributed by atoms with E-state index in [2.05, 4.69) is 25.4 Å². The second-order valence-corrected chi connectivity index (χ2v) is 6.35. The van der Waals surface area contributed by atoms with Gasteiger partial charge in [0, 0.05) is 19.3 Å². The van der Waals surface area contributed by atoms with Crippen LogP contribution in [0.3, 0.4) is 0 Å². The Morgan fingerprint density at radius 3 is 3.00 bits per heavy atom. The number of rotatable bonds is 4. The average molecular weight is 338 g/mol. The second-order valence-electron chi connectivity index (χ2n) is 4.98. The van der Waals surface area contributed by atoms with E-state index in [1.165, 1.54) is 36.8 Å². The molecule has 1 saturated heterocycles. The molecule has 2 aromatic heterocycles. The van der Waals surface area contributed by atoms with E-state index in [-0.39, 0.29) is 5.91 Å². The molecule has 3 heterocycles. The van der Waals surface area contributed by atoms with Crippen molar-refractivity contribution in [3.63, 3.8) is 0 Å². The Morgan fingerprint density at radius 2 is 2.27 bits per heavy atom. The van der Waals surface area contributed by atoms with Crippen molar-refractivity contribution in [3.05, 3.63) is 34.1 Å². The summed E-state index contributed by atoms with van der Waals surface area (Å²) in [5.41, 5.74) is 2.92. The van der Waals surface area contributed by atoms with Gasteiger partial charge in [0.25, 0.3) is 5.91 Å². The molecule has 0 atom stereocenters. The minimum Gasteiger partial charge on any atom is -0.357 e. The summed E-state index contributed by atoms with van der Waals surface area (Å²) >= 11 is 7.63. The summed E-state index contributed by atoms with van der Waals surface area (Å²) in [5, 5.41) is 5.28. The number of halogens is 1. The molecule has 6 nitrogen and oxygen atoms in total. The molecule has 1 aliphatic heterocycles. The Balaban J connectivity index is 1.63. The van der Waals surface area contributed by atoms with E-state index < -0.39 is 0 Å². The summed E-state index contributed by atoms with van der Waals surface area (Å²) in [4.78, 5) is 21.9. The molecule has 0 spiro atoms. The largest absolute Gasteiger partial charge is 0.357 e. The normalized spacial score (nSPS) is 15.4. The van der Waals surface area contributed by atoms with E-state index >= 15 is 0 Å². The van der Waals surface area contributed by atoms with Crippen LogP contribution < -0.4 is 10.3 Å². The van der Waals surface area contributed by atoms with Gasteiger partial charge in [0.05, 0.1) is 11.1 Å². The summed E-state index contributed by atoms with van der Waals surface area (Å²) in [5.74, 6) is -0.293. The summed E-state index contributed by atoms with van der Waals surface area (Å²) in [6.07, 6.45) is 6.87. The van der Waals surface area contributed by atoms with Crippen molar-refractivity contribution in [2.75, 3.05) is 18.0 Å². The highest BCUT2D eigenvalue weighted by Crippen LogP contribution is 2.30. The van der Waals surface area contributed by atoms with Crippen LogP contribution >= 0.6 is 22.9 Å². The van der Waals surface area contributed by atoms with Gasteiger partial charge in [0.2, 0.25) is 0 Å². The van der Waals surface area contributed by atoms with Gasteiger partial charge in [-0.1, -0.05) is 22.9 Å². The van der Waals surface area contributed by atoms with Gasteiger partial charge in [0.1, 0.15) is 5.69 Å². The number of nitrogens with one attached hydrogen (secondary N) is 2. The number of H-pyrrole nitrogens is 1. The number of aromatic nitrogens is 2. The fourth-order valence-electron chi connectivity index (χ4n) is 2.28. The van der Waals surface area contributed by atoms with Crippen molar-refractivity contribution in [2.24, 2.45) is 5.10 Å². The number of anilines is 1. The van der Waals surface area contributed by atoms with Gasteiger partial charge in [-0.25, -0.2) is 10.4 Å². The maximum absolute atomic E-state index is 11.7. The number of thiazole rings is 1. The summed E-state index contributed by atoms with van der Waals surface area (Å²) < 4.78 is 0. The topological polar surface area (TPSA) is 73.4 Å². The lowest BCUT2D eigenvalue weighted by Crippen LogP contribution is -2.29. The van der Waals surface area contributed by atoms with Crippen LogP contribution in [0.4, 0.5) is 5.13 Å². The first-order chi connectivity index (χ1) is 10.7. The highest BCUT2D eigenvalue weighted by Gasteiger charge is 2.16. The van der Waals surface area contributed by atoms with E-state index in [0.29, 0.717) is 10.8 Å². The molecule has 0 bridgehead atoms. The molecular weight excluding hydrogens is 322 g/mol. The number of carbonyl (C=O) groups excluding carboxylic acids is 1. The van der Waals surface area contributed by atoms with Crippen molar-refractivity contribution in [1.82, 2.24) is 15.4 Å². The standard InChI is InChI=1S/C14H16ClN5OS/c15-12-11(9-17-19-13(21)10-5-4-6-16-10)22-14(18-12)20-7-2-1-3-8-20/h4-6,9,16H,1-3,7-8H2,(H,19,21)/b17-9-. The molecule has 0 aliphatic carbocycles. The van der Waals surface area contributed by atoms with Crippen molar-refractivity contribution < 1.29 is 4.79 Å². The molecule has 1 amide bonds. The first-order valence-electron chi connectivity index (χ1n) is 7.12. The SMILES string of the molecule is O=C(N/N=C\c1sc(N2CCCCC2)nc1Cl)c1ccc[nH]1. The molecule has 0 saturated carbocycles. The highest BCUT2D eigenvalue weighted by molar-refractivity contribution is 7.17. The smallest absolute Gasteiger partial charge is 0.287 e. The van der Waals surface area contributed by atoms with Crippen LogP contribution in [0.5, 0.6) is 0 Å². The van der Waals surface area contributed by atoms with E-state index in [1.54, 1.807) is 18.3 Å². The van der Waals surface area contributed by atoms with E-state index in [1.807, 2.05) is 0 Å². The number of amides is 1. The van der Waals surface area contributed by atoms with Crippen molar-refractivity contribution >= 4 is 40.2 Å². The van der Waals surface area contributed by atoms with E-state index in [0.717, 1.165) is 23.1 Å². The van der Waals surface area contributed by atoms with Crippen molar-refractivity contribution in [1.29, 1.82) is 0 Å². The van der Waals surface area contributed by atoms with Gasteiger partial charge in [-0.05, 0) is 31.4 Å². The third-order valence-electron chi connectivity index (χ3n) is 3.42. The van der Waals surface area contributed by atoms with Gasteiger partial charge in [-0.15, -0.1) is 0 Å². The molecule has 2 aromatic rings. The highest BCUT2D eigenvalue weighted by atomic mass is 35.5. The number of hydrazone groups is 1. The molecule has 0 radical (unpaired) electrons. The number of piperidine rings is 1. The molecule has 0 aromatic carbocycles. The number of hydrogen-bond donors (Lipinski definition) is 2. The number of hydrogen-bond acceptors (Lipinski definition) is 5. The Bertz CT molecular complexity index is 661. The predicted octanol–water partition coefficient (Wildman–Crippen LogP) is 2.88. The molecule has 0 unspecified atom stereocenters. The van der Waals surface area contributed by atoms with Gasteiger partial charge in [-0.2, -0.15) is 5.10 Å². The molecule has 116 valence electrons. The molecule has 2 N–H and O–H groups in total. The van der Waals surface area contributed by atoms with Crippen molar-refractivity contribution in [3.8, 4) is 0 Å². The molecule has 1 aliphatic rings. The lowest BCUT2D eigenvalue weighted by molar-refractivity contribution is 0.0951. The quantitative estimate of drug-likeness (QED) is 0.665. The van der Waals surface area contributed by atoms with Gasteiger partial charge < -0.3 is 9.88 Å². The molecule has 8 heteroatoms. The Labute approximate surface area is 137 Å². The zero-order valence-electron chi connectivity index (χ0n) is 11.9. The lowest BCUT2D eigenvalue weighted by Gasteiger charge is -2.25. The molecule has 3 rings (SSSR count). The minimum atomic E-state index is -0.293. The monoisotopic (exact) mass is 337 g/mol. The lowest BCUT2D eigenvalue weighted by atomic mass is 10.1. The maximum atomic E-state index is 11.7. The Morgan fingerprint density at radius 1 is 1.45 bits per heavy atom. The van der Waals surface area contributed by atoms with Crippen LogP contribution in [0.15, 0.2) is 23.4 Å². The fourth-order valence-corrected chi connectivity index (χ4v) is 3.46. The Hall–Kier alpha value is -1.86. The van der Waals surface area contributed by atoms with E-state index in [4.69, 9.17) is 11.6 Å². The van der Waals surface area contributed by atoms with Crippen LogP contribution in [0.2, 0.25) is 5.15 Å². The zero-order chi connectivity index (χ0) is 15.4. The Kier molecular flexibility index (Phi) is 4.74. The van der Waals surface area contributed by atoms with Gasteiger partial charge in [-0.3, -0.25) is 4.79 Å². The van der Waals surface area contributed by atoms with Crippen LogP contribution in [-0.4, -0.2) is 35.2 Å². The van der Waals surface area contributed by atoms with E-state index in [9.17, 15) is 4.79 Å². The van der Waals surface area contributed by atoms with Crippen molar-refractivity contribution in [2.45, 2.75) is 19.3 Å². The number of carbonyl (C=O) groups is 1. The summed E-state index contributed by atoms with van der Waals surface area (Å²) in [7, 11) is 0. The minimum absolute atomic E-state index is 0.293. The molecule has 1 fully saturated rings. The average Bonchev–Trinajstić information content (AvgIpc) is 3.18. The van der Waals surface area contributed by atoms with Crippen LogP contribution in [0, 0.1) is 0 Å². The van der Waals surface area contributed by atoms with Gasteiger partial charge >= 0.3 is 0 Å². The third kappa shape index (κ3) is 3.48. The maximum Gasteiger partial charge on any atom is 0.287 e. The fraction of sp³-hybridized carbons (Fsp3) is 0.357. The third-order valence-corrected chi connectivity index (χ3v) is 4.87. The zero-order valence-corrected chi connectivity index (χ0v) is 13.5. The van der Waals surface area contributed by atoms with Crippen LogP contribution in [0.1, 0.15) is 34.6 Å². The first-order valence-corrected chi connectivity index (χ1v) is 8.31. The predicted molar refractivity (Wildman–Crippen MR) is 89.0 cm³/mol. The summed E-state index contributed by atoms with van der Waals surface area (Å²) in [6, 6.07) is 3.43. The molecule has 22 heavy (non-hydrogen) atoms. The molecular formula is C14H16ClN5OS. The second kappa shape index (κ2) is 6.93. The van der Waals surface area contributed by atoms with Crippen LogP contribution in [-0.2, 0) is 0 Å². The summed E-state index contributed by atoms with van der Waals surface area (Å²) in [6.45, 7) is 2.04. The van der Waals surface area contributed by atoms with Gasteiger partial charge in [0.15, 0.2) is 10.3 Å². The number of nitrogens with zero attached hydrogens (tertiary/aromatic N) is 3. The van der Waals surface area contributed by atoms with Crippen LogP contribution in [0.25, 0.3) is 0 Å².